The molecule has 4 rings (SSSR count). The molecule has 1 fully saturated rings. The van der Waals surface area contributed by atoms with Gasteiger partial charge in [-0.3, -0.25) is 14.5 Å². The van der Waals surface area contributed by atoms with Gasteiger partial charge in [0.05, 0.1) is 17.1 Å². The first-order valence-corrected chi connectivity index (χ1v) is 10.9. The predicted octanol–water partition coefficient (Wildman–Crippen LogP) is 3.45. The van der Waals surface area contributed by atoms with Crippen molar-refractivity contribution in [2.75, 3.05) is 26.5 Å². The maximum absolute atomic E-state index is 12.8. The Morgan fingerprint density at radius 3 is 2.90 bits per heavy atom. The second kappa shape index (κ2) is 9.40. The summed E-state index contributed by atoms with van der Waals surface area (Å²) >= 11 is 6.61. The molecule has 0 radical (unpaired) electrons. The fourth-order valence-electron chi connectivity index (χ4n) is 3.16. The monoisotopic (exact) mass is 456 g/mol. The van der Waals surface area contributed by atoms with E-state index in [0.717, 1.165) is 5.56 Å². The average molecular weight is 457 g/mol. The second-order valence-corrected chi connectivity index (χ2v) is 8.31. The van der Waals surface area contributed by atoms with Gasteiger partial charge in [-0.1, -0.05) is 42.2 Å². The van der Waals surface area contributed by atoms with Crippen molar-refractivity contribution in [3.8, 4) is 17.2 Å². The maximum atomic E-state index is 12.8. The molecule has 1 saturated heterocycles. The Morgan fingerprint density at radius 2 is 2.06 bits per heavy atom. The number of fused-ring (bicyclic) bond motifs is 1. The van der Waals surface area contributed by atoms with Crippen LogP contribution in [0, 0.1) is 0 Å². The van der Waals surface area contributed by atoms with Gasteiger partial charge in [0.15, 0.2) is 11.5 Å². The number of benzene rings is 2. The van der Waals surface area contributed by atoms with Crippen molar-refractivity contribution in [3.63, 3.8) is 0 Å². The summed E-state index contributed by atoms with van der Waals surface area (Å²) in [6.07, 6.45) is 1.78. The normalized spacial score (nSPS) is 16.2. The molecule has 31 heavy (non-hydrogen) atoms. The van der Waals surface area contributed by atoms with Crippen LogP contribution in [0.3, 0.4) is 0 Å². The molecule has 0 aliphatic carbocycles. The number of ether oxygens (including phenoxy) is 3. The van der Waals surface area contributed by atoms with Crippen LogP contribution in [0.5, 0.6) is 17.2 Å². The minimum absolute atomic E-state index is 0.184. The number of hydrogen-bond donors (Lipinski definition) is 1. The Bertz CT molecular complexity index is 1070. The standard InChI is InChI=1S/C22H20N2O5S2/c1-2-27-16-6-4-3-5-15(16)20(25)23-9-10-24-21(26)19(31-22(24)30)12-14-7-8-17-18(11-14)29-13-28-17/h3-8,11-12H,2,9-10,13H2,1H3,(H,23,25)/b19-12+. The van der Waals surface area contributed by atoms with Gasteiger partial charge < -0.3 is 19.5 Å². The van der Waals surface area contributed by atoms with Gasteiger partial charge in [0.2, 0.25) is 6.79 Å². The number of thiocarbonyl (C=S) groups is 1. The average Bonchev–Trinajstić information content (AvgIpc) is 3.33. The highest BCUT2D eigenvalue weighted by Crippen LogP contribution is 2.36. The van der Waals surface area contributed by atoms with E-state index < -0.39 is 0 Å². The van der Waals surface area contributed by atoms with Crippen molar-refractivity contribution in [1.29, 1.82) is 0 Å². The third kappa shape index (κ3) is 4.67. The summed E-state index contributed by atoms with van der Waals surface area (Å²) in [5.41, 5.74) is 1.28. The highest BCUT2D eigenvalue weighted by molar-refractivity contribution is 8.26. The van der Waals surface area contributed by atoms with E-state index in [1.807, 2.05) is 31.2 Å². The van der Waals surface area contributed by atoms with Gasteiger partial charge in [-0.25, -0.2) is 0 Å². The van der Waals surface area contributed by atoms with E-state index in [-0.39, 0.29) is 31.7 Å². The van der Waals surface area contributed by atoms with Gasteiger partial charge in [-0.15, -0.1) is 0 Å². The van der Waals surface area contributed by atoms with Crippen molar-refractivity contribution in [2.24, 2.45) is 0 Å². The molecule has 160 valence electrons. The number of nitrogens with one attached hydrogen (secondary N) is 1. The van der Waals surface area contributed by atoms with Gasteiger partial charge in [0.25, 0.3) is 11.8 Å². The molecule has 0 unspecified atom stereocenters. The number of carbonyl (C=O) groups is 2. The van der Waals surface area contributed by atoms with E-state index in [0.29, 0.717) is 38.6 Å². The van der Waals surface area contributed by atoms with Crippen molar-refractivity contribution >= 4 is 46.2 Å². The number of hydrogen-bond acceptors (Lipinski definition) is 7. The van der Waals surface area contributed by atoms with Crippen LogP contribution in [0.2, 0.25) is 0 Å². The molecule has 9 heteroatoms. The van der Waals surface area contributed by atoms with Crippen molar-refractivity contribution < 1.29 is 23.8 Å². The molecule has 2 aliphatic rings. The van der Waals surface area contributed by atoms with Crippen molar-refractivity contribution in [2.45, 2.75) is 6.92 Å². The summed E-state index contributed by atoms with van der Waals surface area (Å²) in [5.74, 6) is 1.42. The molecule has 2 heterocycles. The zero-order valence-corrected chi connectivity index (χ0v) is 18.4. The molecule has 2 aliphatic heterocycles. The lowest BCUT2D eigenvalue weighted by atomic mass is 10.2. The van der Waals surface area contributed by atoms with E-state index in [1.54, 1.807) is 24.3 Å². The molecule has 7 nitrogen and oxygen atoms in total. The van der Waals surface area contributed by atoms with Crippen LogP contribution >= 0.6 is 24.0 Å². The Balaban J connectivity index is 1.37. The third-order valence-electron chi connectivity index (χ3n) is 4.62. The van der Waals surface area contributed by atoms with Crippen LogP contribution < -0.4 is 19.5 Å². The highest BCUT2D eigenvalue weighted by atomic mass is 32.2. The number of para-hydroxylation sites is 1. The molecule has 2 aromatic rings. The summed E-state index contributed by atoms with van der Waals surface area (Å²) in [6, 6.07) is 12.5. The van der Waals surface area contributed by atoms with Crippen LogP contribution in [0.15, 0.2) is 47.4 Å². The maximum Gasteiger partial charge on any atom is 0.266 e. The summed E-state index contributed by atoms with van der Waals surface area (Å²) < 4.78 is 16.6. The van der Waals surface area contributed by atoms with Gasteiger partial charge in [0.1, 0.15) is 10.1 Å². The predicted molar refractivity (Wildman–Crippen MR) is 122 cm³/mol. The van der Waals surface area contributed by atoms with Crippen LogP contribution in [0.25, 0.3) is 6.08 Å². The lowest BCUT2D eigenvalue weighted by Crippen LogP contribution is -2.37. The van der Waals surface area contributed by atoms with Gasteiger partial charge in [0, 0.05) is 13.1 Å². The minimum atomic E-state index is -0.259. The molecule has 0 spiro atoms. The number of carbonyl (C=O) groups excluding carboxylic acids is 2. The van der Waals surface area contributed by atoms with Crippen LogP contribution in [0.1, 0.15) is 22.8 Å². The van der Waals surface area contributed by atoms with Gasteiger partial charge in [-0.2, -0.15) is 0 Å². The van der Waals surface area contributed by atoms with Crippen LogP contribution in [-0.2, 0) is 4.79 Å². The molecule has 0 atom stereocenters. The van der Waals surface area contributed by atoms with E-state index in [1.165, 1.54) is 16.7 Å². The lowest BCUT2D eigenvalue weighted by molar-refractivity contribution is -0.122. The Kier molecular flexibility index (Phi) is 6.43. The van der Waals surface area contributed by atoms with Crippen molar-refractivity contribution in [1.82, 2.24) is 10.2 Å². The second-order valence-electron chi connectivity index (χ2n) is 6.63. The lowest BCUT2D eigenvalue weighted by Gasteiger charge is -2.15. The van der Waals surface area contributed by atoms with E-state index >= 15 is 0 Å². The molecule has 0 aromatic heterocycles. The number of nitrogens with zero attached hydrogens (tertiary/aromatic N) is 1. The quantitative estimate of drug-likeness (QED) is 0.505. The Hall–Kier alpha value is -3.04. The summed E-state index contributed by atoms with van der Waals surface area (Å²) in [7, 11) is 0. The smallest absolute Gasteiger partial charge is 0.266 e. The first kappa shape index (κ1) is 21.2. The van der Waals surface area contributed by atoms with Crippen molar-refractivity contribution in [3.05, 3.63) is 58.5 Å². The number of amides is 2. The minimum Gasteiger partial charge on any atom is -0.493 e. The van der Waals surface area contributed by atoms with Gasteiger partial charge >= 0.3 is 0 Å². The van der Waals surface area contributed by atoms with E-state index in [4.69, 9.17) is 26.4 Å². The summed E-state index contributed by atoms with van der Waals surface area (Å²) in [4.78, 5) is 27.3. The Labute approximate surface area is 189 Å². The highest BCUT2D eigenvalue weighted by Gasteiger charge is 2.32. The fourth-order valence-corrected chi connectivity index (χ4v) is 4.47. The summed E-state index contributed by atoms with van der Waals surface area (Å²) in [6.45, 7) is 3.08. The van der Waals surface area contributed by atoms with Gasteiger partial charge in [-0.05, 0) is 42.8 Å². The largest absolute Gasteiger partial charge is 0.493 e. The topological polar surface area (TPSA) is 77.1 Å². The van der Waals surface area contributed by atoms with Crippen LogP contribution in [-0.4, -0.2) is 47.5 Å². The van der Waals surface area contributed by atoms with E-state index in [2.05, 4.69) is 5.32 Å². The Morgan fingerprint density at radius 1 is 1.26 bits per heavy atom. The molecule has 1 N–H and O–H groups in total. The first-order chi connectivity index (χ1) is 15.1. The molecule has 0 bridgehead atoms. The van der Waals surface area contributed by atoms with E-state index in [9.17, 15) is 9.59 Å². The molecule has 2 amide bonds. The number of thioether (sulfide) groups is 1. The zero-order valence-electron chi connectivity index (χ0n) is 16.8. The molecule has 0 saturated carbocycles. The zero-order chi connectivity index (χ0) is 21.8. The molecular weight excluding hydrogens is 436 g/mol. The molecular formula is C22H20N2O5S2. The summed E-state index contributed by atoms with van der Waals surface area (Å²) in [5, 5.41) is 2.83. The van der Waals surface area contributed by atoms with Crippen LogP contribution in [0.4, 0.5) is 0 Å². The third-order valence-corrected chi connectivity index (χ3v) is 6.00. The first-order valence-electron chi connectivity index (χ1n) is 9.72. The molecule has 2 aromatic carbocycles. The fraction of sp³-hybridized carbons (Fsp3) is 0.227. The SMILES string of the molecule is CCOc1ccccc1C(=O)NCCN1C(=O)/C(=C\c2ccc3c(c2)OCO3)SC1=S. The number of rotatable bonds is 7.